The van der Waals surface area contributed by atoms with E-state index in [2.05, 4.69) is 6.92 Å². The van der Waals surface area contributed by atoms with E-state index >= 15 is 0 Å². The van der Waals surface area contributed by atoms with E-state index in [9.17, 15) is 4.79 Å². The molecule has 0 unspecified atom stereocenters. The van der Waals surface area contributed by atoms with Gasteiger partial charge in [-0.3, -0.25) is 4.79 Å². The van der Waals surface area contributed by atoms with Crippen molar-refractivity contribution in [1.82, 2.24) is 4.57 Å². The average Bonchev–Trinajstić information content (AvgIpc) is 3.17. The van der Waals surface area contributed by atoms with Gasteiger partial charge in [0.05, 0.1) is 6.61 Å². The minimum Gasteiger partial charge on any atom is -0.494 e. The molecule has 32 heavy (non-hydrogen) atoms. The van der Waals surface area contributed by atoms with Gasteiger partial charge in [0, 0.05) is 17.1 Å². The lowest BCUT2D eigenvalue weighted by Gasteiger charge is -2.07. The summed E-state index contributed by atoms with van der Waals surface area (Å²) in [5, 5.41) is 9.99. The number of unbranched alkanes of at least 4 members (excludes halogenated alkanes) is 15. The van der Waals surface area contributed by atoms with Crippen LogP contribution in [0.4, 0.5) is 0 Å². The molecule has 0 saturated heterocycles. The van der Waals surface area contributed by atoms with Gasteiger partial charge in [-0.2, -0.15) is 0 Å². The van der Waals surface area contributed by atoms with Crippen molar-refractivity contribution in [2.75, 3.05) is 6.61 Å². The van der Waals surface area contributed by atoms with E-state index in [-0.39, 0.29) is 6.54 Å². The van der Waals surface area contributed by atoms with Crippen LogP contribution >= 0.6 is 0 Å². The lowest BCUT2D eigenvalue weighted by atomic mass is 10.0. The van der Waals surface area contributed by atoms with Crippen molar-refractivity contribution in [2.24, 2.45) is 0 Å². The van der Waals surface area contributed by atoms with Crippen LogP contribution in [-0.4, -0.2) is 22.2 Å². The minimum atomic E-state index is -0.827. The molecule has 4 nitrogen and oxygen atoms in total. The fraction of sp³-hybridized carbons (Fsp3) is 0.679. The molecule has 4 heteroatoms. The monoisotopic (exact) mass is 443 g/mol. The number of hydrogen-bond donors (Lipinski definition) is 1. The van der Waals surface area contributed by atoms with Gasteiger partial charge in [0.2, 0.25) is 0 Å². The second kappa shape index (κ2) is 16.6. The summed E-state index contributed by atoms with van der Waals surface area (Å²) in [6, 6.07) is 7.83. The Kier molecular flexibility index (Phi) is 13.7. The summed E-state index contributed by atoms with van der Waals surface area (Å²) >= 11 is 0. The molecule has 1 aromatic carbocycles. The summed E-state index contributed by atoms with van der Waals surface area (Å²) in [7, 11) is 0. The number of carbonyl (C=O) groups is 1. The van der Waals surface area contributed by atoms with Crippen molar-refractivity contribution in [3.63, 3.8) is 0 Å². The Balaban J connectivity index is 1.40. The maximum Gasteiger partial charge on any atom is 0.323 e. The van der Waals surface area contributed by atoms with E-state index in [1.54, 1.807) is 4.57 Å². The molecule has 0 saturated carbocycles. The van der Waals surface area contributed by atoms with Crippen LogP contribution in [-0.2, 0) is 11.3 Å². The molecule has 1 heterocycles. The van der Waals surface area contributed by atoms with Gasteiger partial charge in [0.15, 0.2) is 0 Å². The van der Waals surface area contributed by atoms with Crippen LogP contribution in [0.25, 0.3) is 10.9 Å². The zero-order valence-electron chi connectivity index (χ0n) is 20.3. The largest absolute Gasteiger partial charge is 0.494 e. The molecule has 0 fully saturated rings. The number of benzene rings is 1. The highest BCUT2D eigenvalue weighted by molar-refractivity contribution is 5.83. The number of hydrogen-bond acceptors (Lipinski definition) is 2. The third-order valence-corrected chi connectivity index (χ3v) is 6.31. The molecule has 0 atom stereocenters. The predicted octanol–water partition coefficient (Wildman–Crippen LogP) is 8.37. The number of ether oxygens (including phenoxy) is 1. The summed E-state index contributed by atoms with van der Waals surface area (Å²) in [5.41, 5.74) is 0.933. The molecule has 0 bridgehead atoms. The second-order valence-electron chi connectivity index (χ2n) is 9.21. The molecular weight excluding hydrogens is 398 g/mol. The van der Waals surface area contributed by atoms with Gasteiger partial charge in [-0.05, 0) is 30.7 Å². The van der Waals surface area contributed by atoms with Crippen LogP contribution in [0.15, 0.2) is 30.5 Å². The van der Waals surface area contributed by atoms with Crippen molar-refractivity contribution < 1.29 is 14.6 Å². The number of aliphatic carboxylic acids is 1. The van der Waals surface area contributed by atoms with E-state index in [1.165, 1.54) is 96.3 Å². The summed E-state index contributed by atoms with van der Waals surface area (Å²) < 4.78 is 7.65. The van der Waals surface area contributed by atoms with Crippen molar-refractivity contribution >= 4 is 16.9 Å². The van der Waals surface area contributed by atoms with Gasteiger partial charge in [0.25, 0.3) is 0 Å². The number of fused-ring (bicyclic) bond motifs is 1. The molecule has 180 valence electrons. The van der Waals surface area contributed by atoms with Gasteiger partial charge in [-0.1, -0.05) is 103 Å². The Labute approximate surface area is 195 Å². The second-order valence-corrected chi connectivity index (χ2v) is 9.21. The Morgan fingerprint density at radius 3 is 1.84 bits per heavy atom. The first-order valence-corrected chi connectivity index (χ1v) is 13.1. The molecule has 2 rings (SSSR count). The Bertz CT molecular complexity index is 752. The highest BCUT2D eigenvalue weighted by Crippen LogP contribution is 2.22. The van der Waals surface area contributed by atoms with Crippen molar-refractivity contribution in [3.05, 3.63) is 30.5 Å². The first kappa shape index (κ1) is 26.3. The number of nitrogens with zero attached hydrogens (tertiary/aromatic N) is 1. The summed E-state index contributed by atoms with van der Waals surface area (Å²) in [4.78, 5) is 10.9. The highest BCUT2D eigenvalue weighted by atomic mass is 16.5. The van der Waals surface area contributed by atoms with E-state index in [0.29, 0.717) is 0 Å². The molecule has 1 aromatic heterocycles. The minimum absolute atomic E-state index is 0.0110. The molecule has 0 radical (unpaired) electrons. The van der Waals surface area contributed by atoms with Crippen LogP contribution in [0, 0.1) is 0 Å². The quantitative estimate of drug-likeness (QED) is 0.209. The zero-order valence-corrected chi connectivity index (χ0v) is 20.3. The van der Waals surface area contributed by atoms with Gasteiger partial charge in [0.1, 0.15) is 12.3 Å². The van der Waals surface area contributed by atoms with Crippen molar-refractivity contribution in [2.45, 2.75) is 116 Å². The first-order valence-electron chi connectivity index (χ1n) is 13.1. The van der Waals surface area contributed by atoms with Gasteiger partial charge >= 0.3 is 5.97 Å². The summed E-state index contributed by atoms with van der Waals surface area (Å²) in [6.45, 7) is 3.02. The van der Waals surface area contributed by atoms with E-state index < -0.39 is 5.97 Å². The molecule has 2 aromatic rings. The number of aromatic nitrogens is 1. The molecular formula is C28H45NO3. The third kappa shape index (κ3) is 11.1. The van der Waals surface area contributed by atoms with Crippen LogP contribution in [0.2, 0.25) is 0 Å². The third-order valence-electron chi connectivity index (χ3n) is 6.31. The van der Waals surface area contributed by atoms with Crippen molar-refractivity contribution in [3.8, 4) is 5.75 Å². The van der Waals surface area contributed by atoms with Gasteiger partial charge < -0.3 is 14.4 Å². The van der Waals surface area contributed by atoms with Gasteiger partial charge in [-0.25, -0.2) is 0 Å². The Morgan fingerprint density at radius 2 is 1.31 bits per heavy atom. The van der Waals surface area contributed by atoms with Crippen LogP contribution < -0.4 is 4.74 Å². The molecule has 0 aliphatic heterocycles. The first-order chi connectivity index (χ1) is 15.7. The Hall–Kier alpha value is -1.97. The fourth-order valence-electron chi connectivity index (χ4n) is 4.39. The number of rotatable bonds is 20. The molecule has 0 spiro atoms. The van der Waals surface area contributed by atoms with E-state index in [0.717, 1.165) is 29.7 Å². The van der Waals surface area contributed by atoms with E-state index in [1.807, 2.05) is 30.5 Å². The highest BCUT2D eigenvalue weighted by Gasteiger charge is 2.06. The smallest absolute Gasteiger partial charge is 0.323 e. The van der Waals surface area contributed by atoms with Crippen LogP contribution in [0.3, 0.4) is 0 Å². The molecule has 0 amide bonds. The lowest BCUT2D eigenvalue weighted by molar-refractivity contribution is -0.137. The Morgan fingerprint density at radius 1 is 0.781 bits per heavy atom. The number of carboxylic acid groups (broad SMARTS) is 1. The normalized spacial score (nSPS) is 11.3. The zero-order chi connectivity index (χ0) is 22.9. The average molecular weight is 444 g/mol. The molecule has 1 N–H and O–H groups in total. The number of carboxylic acids is 1. The van der Waals surface area contributed by atoms with Gasteiger partial charge in [-0.15, -0.1) is 0 Å². The maximum atomic E-state index is 10.9. The topological polar surface area (TPSA) is 51.5 Å². The molecule has 0 aliphatic carbocycles. The maximum absolute atomic E-state index is 10.9. The SMILES string of the molecule is CCCCCCCCCCCCCCCCCCOc1ccc2c(ccn2CC(=O)O)c1. The van der Waals surface area contributed by atoms with Crippen LogP contribution in [0.1, 0.15) is 110 Å². The predicted molar refractivity (Wildman–Crippen MR) is 135 cm³/mol. The summed E-state index contributed by atoms with van der Waals surface area (Å²) in [5.74, 6) is 0.0397. The van der Waals surface area contributed by atoms with Crippen molar-refractivity contribution in [1.29, 1.82) is 0 Å². The standard InChI is InChI=1S/C28H45NO3/c1-2-3-4-5-6-7-8-9-10-11-12-13-14-15-16-17-22-32-26-18-19-27-25(23-26)20-21-29(27)24-28(30)31/h18-21,23H,2-17,22,24H2,1H3,(H,30,31). The van der Waals surface area contributed by atoms with E-state index in [4.69, 9.17) is 9.84 Å². The van der Waals surface area contributed by atoms with Crippen LogP contribution in [0.5, 0.6) is 5.75 Å². The lowest BCUT2D eigenvalue weighted by Crippen LogP contribution is -2.07. The fourth-order valence-corrected chi connectivity index (χ4v) is 4.39. The molecule has 0 aliphatic rings. The summed E-state index contributed by atoms with van der Waals surface area (Å²) in [6.07, 6.45) is 23.8.